The largest absolute Gasteiger partial charge is 0.477 e. The first-order chi connectivity index (χ1) is 17.5. The molecule has 0 spiro atoms. The van der Waals surface area contributed by atoms with Crippen LogP contribution >= 0.6 is 12.4 Å². The zero-order valence-electron chi connectivity index (χ0n) is 21.4. The van der Waals surface area contributed by atoms with Crippen LogP contribution in [-0.2, 0) is 28.4 Å². The normalized spacial score (nSPS) is 15.1. The first-order valence-corrected chi connectivity index (χ1v) is 13.3. The average molecular weight is 557 g/mol. The maximum Gasteiger partial charge on any atom is 0.275 e. The Balaban J connectivity index is 0.00000336. The Hall–Kier alpha value is -3.60. The topological polar surface area (TPSA) is 125 Å². The molecular formula is C27H29ClN4O5S. The molecule has 1 aliphatic rings. The Bertz CT molecular complexity index is 1720. The molecule has 0 bridgehead atoms. The van der Waals surface area contributed by atoms with E-state index < -0.39 is 21.7 Å². The lowest BCUT2D eigenvalue weighted by Gasteiger charge is -2.30. The number of rotatable bonds is 5. The monoisotopic (exact) mass is 556 g/mol. The van der Waals surface area contributed by atoms with Crippen molar-refractivity contribution in [2.45, 2.75) is 38.3 Å². The van der Waals surface area contributed by atoms with Gasteiger partial charge in [0.2, 0.25) is 0 Å². The second kappa shape index (κ2) is 9.94. The second-order valence-electron chi connectivity index (χ2n) is 9.65. The summed E-state index contributed by atoms with van der Waals surface area (Å²) < 4.78 is 35.7. The van der Waals surface area contributed by atoms with Crippen molar-refractivity contribution in [2.75, 3.05) is 5.32 Å². The highest BCUT2D eigenvalue weighted by Gasteiger charge is 2.33. The number of nitrogens with zero attached hydrogens (tertiary/aromatic N) is 2. The van der Waals surface area contributed by atoms with E-state index in [-0.39, 0.29) is 41.2 Å². The molecule has 3 N–H and O–H groups in total. The molecule has 9 nitrogen and oxygen atoms in total. The molecule has 3 heterocycles. The van der Waals surface area contributed by atoms with Crippen molar-refractivity contribution < 1.29 is 17.9 Å². The molecule has 38 heavy (non-hydrogen) atoms. The van der Waals surface area contributed by atoms with Gasteiger partial charge in [0.25, 0.3) is 21.5 Å². The molecule has 0 saturated carbocycles. The summed E-state index contributed by atoms with van der Waals surface area (Å²) in [6.07, 6.45) is 2.33. The predicted molar refractivity (Wildman–Crippen MR) is 149 cm³/mol. The van der Waals surface area contributed by atoms with Crippen LogP contribution in [0.15, 0.2) is 64.5 Å². The van der Waals surface area contributed by atoms with Gasteiger partial charge < -0.3 is 20.4 Å². The molecule has 0 radical (unpaired) electrons. The van der Waals surface area contributed by atoms with E-state index >= 15 is 0 Å². The van der Waals surface area contributed by atoms with Gasteiger partial charge in [0, 0.05) is 42.5 Å². The third-order valence-electron chi connectivity index (χ3n) is 6.61. The number of aromatic nitrogens is 2. The molecule has 200 valence electrons. The van der Waals surface area contributed by atoms with Gasteiger partial charge in [-0.2, -0.15) is 0 Å². The molecule has 2 aromatic heterocycles. The number of carbonyl (C=O) groups is 1. The van der Waals surface area contributed by atoms with Gasteiger partial charge in [-0.3, -0.25) is 9.59 Å². The number of hydrogen-bond donors (Lipinski definition) is 2. The molecule has 1 amide bonds. The summed E-state index contributed by atoms with van der Waals surface area (Å²) in [6, 6.07) is 11.7. The molecule has 4 aromatic rings. The molecule has 0 fully saturated rings. The van der Waals surface area contributed by atoms with Crippen LogP contribution in [0.2, 0.25) is 0 Å². The highest BCUT2D eigenvalue weighted by atomic mass is 35.5. The first-order valence-electron chi connectivity index (χ1n) is 11.9. The van der Waals surface area contributed by atoms with Crippen LogP contribution in [0, 0.1) is 12.8 Å². The number of anilines is 1. The van der Waals surface area contributed by atoms with Gasteiger partial charge in [-0.05, 0) is 48.7 Å². The standard InChI is InChI=1S/C27H28N4O5S.ClH/c1-15(2)24-26(32)29-22-12-17(13-28)11-20(25(22)36-24)21-14-30(4)27(33)23-19(21)9-10-31(23)37(34,35)18-7-5-16(3)6-8-18;/h5-12,14-15,24H,13,28H2,1-4H3,(H,29,32);1H. The van der Waals surface area contributed by atoms with Crippen molar-refractivity contribution in [1.29, 1.82) is 0 Å². The lowest BCUT2D eigenvalue weighted by molar-refractivity contribution is -0.125. The molecule has 11 heteroatoms. The summed E-state index contributed by atoms with van der Waals surface area (Å²) in [5.41, 5.74) is 8.85. The van der Waals surface area contributed by atoms with E-state index in [4.69, 9.17) is 10.5 Å². The van der Waals surface area contributed by atoms with Gasteiger partial charge in [-0.25, -0.2) is 12.4 Å². The molecule has 2 aromatic carbocycles. The van der Waals surface area contributed by atoms with E-state index in [0.717, 1.165) is 15.1 Å². The molecule has 5 rings (SSSR count). The first kappa shape index (κ1) is 27.4. The van der Waals surface area contributed by atoms with Crippen LogP contribution < -0.4 is 21.3 Å². The third kappa shape index (κ3) is 4.38. The van der Waals surface area contributed by atoms with Gasteiger partial charge in [0.15, 0.2) is 11.9 Å². The van der Waals surface area contributed by atoms with Gasteiger partial charge in [0.1, 0.15) is 5.52 Å². The SMILES string of the molecule is Cc1ccc(S(=O)(=O)n2ccc3c(-c4cc(CN)cc5c4OC(C(C)C)C(=O)N5)cn(C)c(=O)c32)cc1.Cl. The van der Waals surface area contributed by atoms with E-state index in [2.05, 4.69) is 5.32 Å². The minimum atomic E-state index is -4.04. The van der Waals surface area contributed by atoms with Crippen molar-refractivity contribution in [3.05, 3.63) is 76.3 Å². The van der Waals surface area contributed by atoms with Crippen LogP contribution in [0.3, 0.4) is 0 Å². The summed E-state index contributed by atoms with van der Waals surface area (Å²) in [4.78, 5) is 26.0. The number of carbonyl (C=O) groups excluding carboxylic acids is 1. The molecule has 1 aliphatic heterocycles. The van der Waals surface area contributed by atoms with E-state index in [1.165, 1.54) is 22.9 Å². The van der Waals surface area contributed by atoms with E-state index in [1.807, 2.05) is 26.8 Å². The molecule has 1 atom stereocenters. The van der Waals surface area contributed by atoms with Crippen LogP contribution in [-0.4, -0.2) is 29.0 Å². The number of nitrogens with one attached hydrogen (secondary N) is 1. The Morgan fingerprint density at radius 2 is 1.76 bits per heavy atom. The Labute approximate surface area is 226 Å². The smallest absolute Gasteiger partial charge is 0.275 e. The number of amides is 1. The minimum Gasteiger partial charge on any atom is -0.477 e. The van der Waals surface area contributed by atoms with Crippen molar-refractivity contribution in [2.24, 2.45) is 18.7 Å². The Morgan fingerprint density at radius 3 is 2.39 bits per heavy atom. The van der Waals surface area contributed by atoms with Crippen molar-refractivity contribution in [3.63, 3.8) is 0 Å². The number of fused-ring (bicyclic) bond motifs is 2. The number of pyridine rings is 1. The van der Waals surface area contributed by atoms with Crippen molar-refractivity contribution >= 4 is 44.9 Å². The molecule has 0 aliphatic carbocycles. The highest BCUT2D eigenvalue weighted by molar-refractivity contribution is 7.90. The minimum absolute atomic E-state index is 0. The average Bonchev–Trinajstić information content (AvgIpc) is 3.31. The summed E-state index contributed by atoms with van der Waals surface area (Å²) in [5, 5.41) is 3.36. The number of aryl methyl sites for hydroxylation is 2. The molecule has 0 saturated heterocycles. The van der Waals surface area contributed by atoms with Crippen LogP contribution in [0.25, 0.3) is 22.0 Å². The van der Waals surface area contributed by atoms with Gasteiger partial charge in [-0.1, -0.05) is 31.5 Å². The maximum atomic E-state index is 13.5. The fraction of sp³-hybridized carbons (Fsp3) is 0.259. The fourth-order valence-electron chi connectivity index (χ4n) is 4.62. The summed E-state index contributed by atoms with van der Waals surface area (Å²) in [7, 11) is -2.47. The predicted octanol–water partition coefficient (Wildman–Crippen LogP) is 3.79. The van der Waals surface area contributed by atoms with E-state index in [1.54, 1.807) is 37.5 Å². The van der Waals surface area contributed by atoms with Gasteiger partial charge in [-0.15, -0.1) is 12.4 Å². The highest BCUT2D eigenvalue weighted by Crippen LogP contribution is 2.43. The maximum absolute atomic E-state index is 13.5. The lowest BCUT2D eigenvalue weighted by Crippen LogP contribution is -2.40. The van der Waals surface area contributed by atoms with Crippen molar-refractivity contribution in [3.8, 4) is 16.9 Å². The Kier molecular flexibility index (Phi) is 7.17. The van der Waals surface area contributed by atoms with Gasteiger partial charge >= 0.3 is 0 Å². The zero-order valence-corrected chi connectivity index (χ0v) is 23.0. The van der Waals surface area contributed by atoms with Crippen LogP contribution in [0.4, 0.5) is 5.69 Å². The molecular weight excluding hydrogens is 528 g/mol. The summed E-state index contributed by atoms with van der Waals surface area (Å²) >= 11 is 0. The second-order valence-corrected chi connectivity index (χ2v) is 11.5. The zero-order chi connectivity index (χ0) is 26.6. The Morgan fingerprint density at radius 1 is 1.08 bits per heavy atom. The van der Waals surface area contributed by atoms with Crippen LogP contribution in [0.5, 0.6) is 5.75 Å². The quantitative estimate of drug-likeness (QED) is 0.385. The lowest BCUT2D eigenvalue weighted by atomic mass is 9.97. The molecule has 1 unspecified atom stereocenters. The van der Waals surface area contributed by atoms with Crippen molar-refractivity contribution in [1.82, 2.24) is 8.54 Å². The van der Waals surface area contributed by atoms with Crippen LogP contribution in [0.1, 0.15) is 25.0 Å². The number of halogens is 1. The van der Waals surface area contributed by atoms with E-state index in [9.17, 15) is 18.0 Å². The van der Waals surface area contributed by atoms with Gasteiger partial charge in [0.05, 0.1) is 10.6 Å². The summed E-state index contributed by atoms with van der Waals surface area (Å²) in [5.74, 6) is 0.115. The number of nitrogens with two attached hydrogens (primary N) is 1. The number of ether oxygens (including phenoxy) is 1. The summed E-state index contributed by atoms with van der Waals surface area (Å²) in [6.45, 7) is 5.86. The van der Waals surface area contributed by atoms with E-state index in [0.29, 0.717) is 28.0 Å². The third-order valence-corrected chi connectivity index (χ3v) is 8.30. The number of hydrogen-bond acceptors (Lipinski definition) is 6. The number of benzene rings is 2. The fourth-order valence-corrected chi connectivity index (χ4v) is 5.96.